The zero-order valence-corrected chi connectivity index (χ0v) is 8.90. The number of benzene rings is 1. The lowest BCUT2D eigenvalue weighted by Gasteiger charge is -2.03. The van der Waals surface area contributed by atoms with Gasteiger partial charge >= 0.3 is 0 Å². The second-order valence-corrected chi connectivity index (χ2v) is 3.01. The molecular formula is C9H11ClN4O. The molecule has 5 nitrogen and oxygen atoms in total. The van der Waals surface area contributed by atoms with Gasteiger partial charge in [-0.05, 0) is 6.07 Å². The van der Waals surface area contributed by atoms with Crippen molar-refractivity contribution in [2.24, 2.45) is 21.7 Å². The quantitative estimate of drug-likeness (QED) is 0.457. The van der Waals surface area contributed by atoms with Gasteiger partial charge in [-0.2, -0.15) is 5.10 Å². The lowest BCUT2D eigenvalue weighted by atomic mass is 10.2. The molecule has 0 spiro atoms. The van der Waals surface area contributed by atoms with Crippen molar-refractivity contribution in [3.05, 3.63) is 28.8 Å². The summed E-state index contributed by atoms with van der Waals surface area (Å²) in [5, 5.41) is 7.58. The van der Waals surface area contributed by atoms with Crippen LogP contribution in [0.3, 0.4) is 0 Å². The molecule has 0 fully saturated rings. The monoisotopic (exact) mass is 226 g/mol. The summed E-state index contributed by atoms with van der Waals surface area (Å²) in [4.78, 5) is 0. The van der Waals surface area contributed by atoms with Gasteiger partial charge in [-0.3, -0.25) is 0 Å². The molecule has 0 heterocycles. The van der Waals surface area contributed by atoms with Gasteiger partial charge in [0, 0.05) is 5.56 Å². The Kier molecular flexibility index (Phi) is 3.93. The Morgan fingerprint density at radius 3 is 2.80 bits per heavy atom. The Hall–Kier alpha value is -1.75. The standard InChI is InChI=1S/C9H11ClN4O/c1-15-7-4-2-3-6(8(7)10)5-13-14-9(11)12/h2-5H,1H3,(H4,11,12,14). The van der Waals surface area contributed by atoms with Crippen molar-refractivity contribution >= 4 is 23.8 Å². The molecule has 1 aromatic carbocycles. The van der Waals surface area contributed by atoms with E-state index in [1.54, 1.807) is 18.2 Å². The third kappa shape index (κ3) is 3.14. The Bertz CT molecular complexity index is 399. The molecule has 1 rings (SSSR count). The van der Waals surface area contributed by atoms with Crippen molar-refractivity contribution in [1.29, 1.82) is 0 Å². The van der Waals surface area contributed by atoms with Crippen LogP contribution in [0.5, 0.6) is 5.75 Å². The molecule has 1 aromatic rings. The first-order chi connectivity index (χ1) is 7.15. The van der Waals surface area contributed by atoms with Crippen LogP contribution in [0.4, 0.5) is 0 Å². The van der Waals surface area contributed by atoms with Crippen LogP contribution in [-0.2, 0) is 0 Å². The van der Waals surface area contributed by atoms with Gasteiger partial charge in [0.15, 0.2) is 0 Å². The maximum Gasteiger partial charge on any atom is 0.211 e. The fourth-order valence-electron chi connectivity index (χ4n) is 0.943. The molecule has 0 saturated heterocycles. The first-order valence-electron chi connectivity index (χ1n) is 4.09. The number of ether oxygens (including phenoxy) is 1. The predicted octanol–water partition coefficient (Wildman–Crippen LogP) is 0.956. The number of rotatable bonds is 3. The van der Waals surface area contributed by atoms with Gasteiger partial charge < -0.3 is 16.2 Å². The number of guanidine groups is 1. The van der Waals surface area contributed by atoms with E-state index in [1.807, 2.05) is 0 Å². The topological polar surface area (TPSA) is 86.0 Å². The second kappa shape index (κ2) is 5.21. The minimum atomic E-state index is -0.106. The number of nitrogens with two attached hydrogens (primary N) is 2. The highest BCUT2D eigenvalue weighted by atomic mass is 35.5. The molecule has 0 bridgehead atoms. The molecule has 0 aliphatic heterocycles. The van der Waals surface area contributed by atoms with Crippen LogP contribution in [0.1, 0.15) is 5.56 Å². The van der Waals surface area contributed by atoms with Crippen LogP contribution in [0, 0.1) is 0 Å². The number of nitrogens with zero attached hydrogens (tertiary/aromatic N) is 2. The van der Waals surface area contributed by atoms with Crippen molar-refractivity contribution < 1.29 is 4.74 Å². The van der Waals surface area contributed by atoms with Gasteiger partial charge in [-0.25, -0.2) is 0 Å². The summed E-state index contributed by atoms with van der Waals surface area (Å²) in [6.45, 7) is 0. The molecule has 4 N–H and O–H groups in total. The van der Waals surface area contributed by atoms with Gasteiger partial charge in [0.25, 0.3) is 0 Å². The average molecular weight is 227 g/mol. The molecule has 0 aliphatic carbocycles. The van der Waals surface area contributed by atoms with Gasteiger partial charge in [0.2, 0.25) is 5.96 Å². The van der Waals surface area contributed by atoms with E-state index in [1.165, 1.54) is 13.3 Å². The van der Waals surface area contributed by atoms with Crippen molar-refractivity contribution in [3.63, 3.8) is 0 Å². The summed E-state index contributed by atoms with van der Waals surface area (Å²) in [6, 6.07) is 5.32. The lowest BCUT2D eigenvalue weighted by molar-refractivity contribution is 0.415. The van der Waals surface area contributed by atoms with Crippen LogP contribution < -0.4 is 16.2 Å². The van der Waals surface area contributed by atoms with Crippen molar-refractivity contribution in [1.82, 2.24) is 0 Å². The smallest absolute Gasteiger partial charge is 0.211 e. The first kappa shape index (κ1) is 11.3. The summed E-state index contributed by atoms with van der Waals surface area (Å²) >= 11 is 6.00. The Balaban J connectivity index is 2.95. The van der Waals surface area contributed by atoms with E-state index in [-0.39, 0.29) is 5.96 Å². The van der Waals surface area contributed by atoms with E-state index in [4.69, 9.17) is 27.8 Å². The molecule has 0 aromatic heterocycles. The van der Waals surface area contributed by atoms with Crippen molar-refractivity contribution in [2.45, 2.75) is 0 Å². The van der Waals surface area contributed by atoms with E-state index >= 15 is 0 Å². The van der Waals surface area contributed by atoms with Crippen LogP contribution in [0.25, 0.3) is 0 Å². The zero-order valence-electron chi connectivity index (χ0n) is 8.14. The third-order valence-corrected chi connectivity index (χ3v) is 1.99. The van der Waals surface area contributed by atoms with E-state index < -0.39 is 0 Å². The van der Waals surface area contributed by atoms with Gasteiger partial charge in [0.05, 0.1) is 18.3 Å². The molecule has 0 aliphatic rings. The summed E-state index contributed by atoms with van der Waals surface area (Å²) < 4.78 is 5.03. The second-order valence-electron chi connectivity index (χ2n) is 2.63. The predicted molar refractivity (Wildman–Crippen MR) is 61.4 cm³/mol. The fourth-order valence-corrected chi connectivity index (χ4v) is 1.19. The largest absolute Gasteiger partial charge is 0.495 e. The van der Waals surface area contributed by atoms with E-state index in [2.05, 4.69) is 10.2 Å². The third-order valence-electron chi connectivity index (χ3n) is 1.58. The van der Waals surface area contributed by atoms with E-state index in [9.17, 15) is 0 Å². The molecule has 0 saturated carbocycles. The fraction of sp³-hybridized carbons (Fsp3) is 0.111. The highest BCUT2D eigenvalue weighted by Gasteiger charge is 2.03. The lowest BCUT2D eigenvalue weighted by Crippen LogP contribution is -2.21. The molecule has 80 valence electrons. The highest BCUT2D eigenvalue weighted by molar-refractivity contribution is 6.34. The minimum absolute atomic E-state index is 0.106. The Morgan fingerprint density at radius 1 is 1.47 bits per heavy atom. The average Bonchev–Trinajstić information content (AvgIpc) is 2.20. The van der Waals surface area contributed by atoms with Crippen LogP contribution in [0.15, 0.2) is 28.4 Å². The molecule has 0 amide bonds. The number of hydrogen-bond acceptors (Lipinski definition) is 3. The maximum atomic E-state index is 6.00. The molecule has 0 atom stereocenters. The molecule has 0 unspecified atom stereocenters. The van der Waals surface area contributed by atoms with E-state index in [0.717, 1.165) is 0 Å². The van der Waals surface area contributed by atoms with Gasteiger partial charge in [0.1, 0.15) is 5.75 Å². The van der Waals surface area contributed by atoms with Crippen LogP contribution in [-0.4, -0.2) is 19.3 Å². The zero-order chi connectivity index (χ0) is 11.3. The van der Waals surface area contributed by atoms with E-state index in [0.29, 0.717) is 16.3 Å². The summed E-state index contributed by atoms with van der Waals surface area (Å²) in [5.74, 6) is 0.468. The summed E-state index contributed by atoms with van der Waals surface area (Å²) in [7, 11) is 1.54. The van der Waals surface area contributed by atoms with Crippen molar-refractivity contribution in [2.75, 3.05) is 7.11 Å². The first-order valence-corrected chi connectivity index (χ1v) is 4.47. The van der Waals surface area contributed by atoms with Crippen molar-refractivity contribution in [3.8, 4) is 5.75 Å². The molecule has 0 radical (unpaired) electrons. The number of methoxy groups -OCH3 is 1. The Labute approximate surface area is 92.4 Å². The normalized spacial score (nSPS) is 10.3. The molecular weight excluding hydrogens is 216 g/mol. The van der Waals surface area contributed by atoms with Gasteiger partial charge in [-0.15, -0.1) is 5.10 Å². The number of halogens is 1. The molecule has 15 heavy (non-hydrogen) atoms. The number of hydrogen-bond donors (Lipinski definition) is 2. The van der Waals surface area contributed by atoms with Crippen LogP contribution in [0.2, 0.25) is 5.02 Å². The maximum absolute atomic E-state index is 6.00. The summed E-state index contributed by atoms with van der Waals surface area (Å²) in [6.07, 6.45) is 1.45. The molecule has 6 heteroatoms. The Morgan fingerprint density at radius 2 is 2.20 bits per heavy atom. The minimum Gasteiger partial charge on any atom is -0.495 e. The van der Waals surface area contributed by atoms with Crippen LogP contribution >= 0.6 is 11.6 Å². The summed E-state index contributed by atoms with van der Waals surface area (Å²) in [5.41, 5.74) is 10.9. The highest BCUT2D eigenvalue weighted by Crippen LogP contribution is 2.26. The SMILES string of the molecule is COc1cccc(C=NN=C(N)N)c1Cl. The van der Waals surface area contributed by atoms with Gasteiger partial charge in [-0.1, -0.05) is 23.7 Å².